The summed E-state index contributed by atoms with van der Waals surface area (Å²) >= 11 is 0. The molecule has 0 N–H and O–H groups in total. The Hall–Kier alpha value is -2.76. The number of nitrogens with zero attached hydrogens (tertiary/aromatic N) is 1. The van der Waals surface area contributed by atoms with Gasteiger partial charge in [-0.05, 0) is 80.6 Å². The normalized spacial score (nSPS) is 20.3. The van der Waals surface area contributed by atoms with Crippen molar-refractivity contribution in [1.82, 2.24) is 4.90 Å². The number of hydrogen-bond donors (Lipinski definition) is 0. The lowest BCUT2D eigenvalue weighted by molar-refractivity contribution is -0.145. The number of carbonyl (C=O) groups excluding carboxylic acids is 1. The molecule has 3 rings (SSSR count). The predicted octanol–water partition coefficient (Wildman–Crippen LogP) is 8.21. The summed E-state index contributed by atoms with van der Waals surface area (Å²) in [4.78, 5) is 13.6. The fourth-order valence-corrected chi connectivity index (χ4v) is 4.90. The highest BCUT2D eigenvalue weighted by Gasteiger charge is 2.41. The van der Waals surface area contributed by atoms with Crippen molar-refractivity contribution in [1.29, 1.82) is 0 Å². The number of benzene rings is 2. The first-order valence-corrected chi connectivity index (χ1v) is 11.9. The Morgan fingerprint density at radius 1 is 0.921 bits per heavy atom. The third-order valence-electron chi connectivity index (χ3n) is 6.77. The highest BCUT2D eigenvalue weighted by molar-refractivity contribution is 5.69. The molecular formula is C26H26F9NO2. The number of halogens is 9. The van der Waals surface area contributed by atoms with Crippen LogP contribution in [0.2, 0.25) is 0 Å². The van der Waals surface area contributed by atoms with Gasteiger partial charge in [0.1, 0.15) is 0 Å². The number of alkyl halides is 9. The standard InChI is InChI=1S/C26H26F9NO2/c1-3-38-23(37)13-16-10-11-36(22(12-16)17-4-6-18(7-5-17)24(27,28)29)15(2)20-14-19(25(30,31)32)8-9-21(20)26(33,34)35/h4-9,14-16,22H,3,10-13H2,1-2H3/t15-,16-,22-/m0/s1. The lowest BCUT2D eigenvalue weighted by Gasteiger charge is -2.43. The van der Waals surface area contributed by atoms with Crippen LogP contribution in [0.5, 0.6) is 0 Å². The molecule has 3 nitrogen and oxygen atoms in total. The summed E-state index contributed by atoms with van der Waals surface area (Å²) in [5.74, 6) is -0.768. The van der Waals surface area contributed by atoms with Crippen molar-refractivity contribution in [3.63, 3.8) is 0 Å². The van der Waals surface area contributed by atoms with E-state index in [0.29, 0.717) is 30.2 Å². The zero-order valence-corrected chi connectivity index (χ0v) is 20.5. The summed E-state index contributed by atoms with van der Waals surface area (Å²) in [5.41, 5.74) is -3.63. The summed E-state index contributed by atoms with van der Waals surface area (Å²) in [7, 11) is 0. The Bertz CT molecular complexity index is 1110. The minimum absolute atomic E-state index is 0.00452. The minimum atomic E-state index is -4.93. The fourth-order valence-electron chi connectivity index (χ4n) is 4.90. The molecule has 0 saturated carbocycles. The molecule has 1 fully saturated rings. The Morgan fingerprint density at radius 3 is 2.03 bits per heavy atom. The Morgan fingerprint density at radius 2 is 1.50 bits per heavy atom. The van der Waals surface area contributed by atoms with E-state index in [0.717, 1.165) is 12.1 Å². The van der Waals surface area contributed by atoms with Gasteiger partial charge in [0, 0.05) is 18.5 Å². The van der Waals surface area contributed by atoms with Crippen LogP contribution in [0.4, 0.5) is 39.5 Å². The number of likely N-dealkylation sites (tertiary alicyclic amines) is 1. The Kier molecular flexibility index (Phi) is 8.74. The van der Waals surface area contributed by atoms with Gasteiger partial charge in [-0.3, -0.25) is 9.69 Å². The number of carbonyl (C=O) groups is 1. The molecule has 2 aromatic carbocycles. The van der Waals surface area contributed by atoms with Gasteiger partial charge in [0.2, 0.25) is 0 Å². The van der Waals surface area contributed by atoms with Gasteiger partial charge in [0.15, 0.2) is 0 Å². The molecule has 1 heterocycles. The highest BCUT2D eigenvalue weighted by Crippen LogP contribution is 2.45. The maximum atomic E-state index is 13.8. The number of esters is 1. The van der Waals surface area contributed by atoms with Crippen LogP contribution in [-0.2, 0) is 28.1 Å². The highest BCUT2D eigenvalue weighted by atomic mass is 19.4. The van der Waals surface area contributed by atoms with Crippen molar-refractivity contribution in [3.05, 3.63) is 70.3 Å². The van der Waals surface area contributed by atoms with Crippen LogP contribution in [-0.4, -0.2) is 24.0 Å². The van der Waals surface area contributed by atoms with E-state index < -0.39 is 58.8 Å². The Balaban J connectivity index is 2.04. The summed E-state index contributed by atoms with van der Waals surface area (Å²) in [6.07, 6.45) is -13.9. The molecule has 1 aliphatic heterocycles. The zero-order valence-electron chi connectivity index (χ0n) is 20.5. The Labute approximate surface area is 213 Å². The van der Waals surface area contributed by atoms with Crippen molar-refractivity contribution >= 4 is 5.97 Å². The summed E-state index contributed by atoms with van der Waals surface area (Å²) in [6, 6.07) is 3.42. The molecule has 0 radical (unpaired) electrons. The van der Waals surface area contributed by atoms with Gasteiger partial charge in [0.25, 0.3) is 0 Å². The third kappa shape index (κ3) is 7.00. The molecule has 0 amide bonds. The van der Waals surface area contributed by atoms with E-state index in [9.17, 15) is 44.3 Å². The molecule has 210 valence electrons. The van der Waals surface area contributed by atoms with Gasteiger partial charge in [-0.1, -0.05) is 12.1 Å². The van der Waals surface area contributed by atoms with Gasteiger partial charge < -0.3 is 4.74 Å². The van der Waals surface area contributed by atoms with Gasteiger partial charge in [-0.2, -0.15) is 39.5 Å². The molecule has 0 bridgehead atoms. The van der Waals surface area contributed by atoms with E-state index in [4.69, 9.17) is 4.74 Å². The molecule has 1 aliphatic rings. The molecule has 3 atom stereocenters. The van der Waals surface area contributed by atoms with Gasteiger partial charge >= 0.3 is 24.5 Å². The lowest BCUT2D eigenvalue weighted by atomic mass is 9.83. The van der Waals surface area contributed by atoms with Gasteiger partial charge in [-0.15, -0.1) is 0 Å². The van der Waals surface area contributed by atoms with Crippen molar-refractivity contribution in [2.24, 2.45) is 5.92 Å². The molecule has 0 unspecified atom stereocenters. The fraction of sp³-hybridized carbons (Fsp3) is 0.500. The lowest BCUT2D eigenvalue weighted by Crippen LogP contribution is -2.40. The number of rotatable bonds is 6. The van der Waals surface area contributed by atoms with Crippen molar-refractivity contribution in [2.45, 2.75) is 63.7 Å². The molecule has 2 aromatic rings. The average molecular weight is 555 g/mol. The van der Waals surface area contributed by atoms with E-state index in [1.165, 1.54) is 19.1 Å². The van der Waals surface area contributed by atoms with Crippen LogP contribution in [0.3, 0.4) is 0 Å². The molecule has 12 heteroatoms. The van der Waals surface area contributed by atoms with Crippen LogP contribution in [0.15, 0.2) is 42.5 Å². The zero-order chi connectivity index (χ0) is 28.5. The second-order valence-corrected chi connectivity index (χ2v) is 9.25. The predicted molar refractivity (Wildman–Crippen MR) is 120 cm³/mol. The largest absolute Gasteiger partial charge is 0.466 e. The van der Waals surface area contributed by atoms with E-state index in [-0.39, 0.29) is 31.9 Å². The van der Waals surface area contributed by atoms with E-state index >= 15 is 0 Å². The molecule has 38 heavy (non-hydrogen) atoms. The quantitative estimate of drug-likeness (QED) is 0.266. The first-order chi connectivity index (χ1) is 17.5. The number of piperidine rings is 1. The van der Waals surface area contributed by atoms with E-state index in [1.807, 2.05) is 0 Å². The second-order valence-electron chi connectivity index (χ2n) is 9.25. The first kappa shape index (κ1) is 29.8. The maximum Gasteiger partial charge on any atom is 0.416 e. The number of ether oxygens (including phenoxy) is 1. The molecule has 1 saturated heterocycles. The summed E-state index contributed by atoms with van der Waals surface area (Å²) in [5, 5.41) is 0. The van der Waals surface area contributed by atoms with E-state index in [2.05, 4.69) is 0 Å². The van der Waals surface area contributed by atoms with Crippen LogP contribution < -0.4 is 0 Å². The van der Waals surface area contributed by atoms with Crippen molar-refractivity contribution < 1.29 is 49.0 Å². The van der Waals surface area contributed by atoms with Crippen LogP contribution in [0.1, 0.15) is 73.0 Å². The van der Waals surface area contributed by atoms with Crippen LogP contribution >= 0.6 is 0 Å². The topological polar surface area (TPSA) is 29.5 Å². The molecule has 0 spiro atoms. The van der Waals surface area contributed by atoms with Crippen LogP contribution in [0.25, 0.3) is 0 Å². The van der Waals surface area contributed by atoms with Crippen molar-refractivity contribution in [3.8, 4) is 0 Å². The molecule has 0 aromatic heterocycles. The monoisotopic (exact) mass is 555 g/mol. The summed E-state index contributed by atoms with van der Waals surface area (Å²) < 4.78 is 126. The minimum Gasteiger partial charge on any atom is -0.466 e. The van der Waals surface area contributed by atoms with E-state index in [1.54, 1.807) is 11.8 Å². The summed E-state index contributed by atoms with van der Waals surface area (Å²) in [6.45, 7) is 3.21. The third-order valence-corrected chi connectivity index (χ3v) is 6.77. The smallest absolute Gasteiger partial charge is 0.416 e. The molecule has 0 aliphatic carbocycles. The van der Waals surface area contributed by atoms with Crippen LogP contribution in [0, 0.1) is 5.92 Å². The first-order valence-electron chi connectivity index (χ1n) is 11.9. The van der Waals surface area contributed by atoms with Gasteiger partial charge in [-0.25, -0.2) is 0 Å². The second kappa shape index (κ2) is 11.2. The number of hydrogen-bond acceptors (Lipinski definition) is 3. The van der Waals surface area contributed by atoms with Crippen molar-refractivity contribution in [2.75, 3.05) is 13.2 Å². The maximum absolute atomic E-state index is 13.8. The average Bonchev–Trinajstić information content (AvgIpc) is 2.82. The molecular weight excluding hydrogens is 529 g/mol. The SMILES string of the molecule is CCOC(=O)C[C@H]1CCN([C@@H](C)c2cc(C(F)(F)F)ccc2C(F)(F)F)[C@H](c2ccc(C(F)(F)F)cc2)C1. The van der Waals surface area contributed by atoms with Gasteiger partial charge in [0.05, 0.1) is 23.3 Å².